The minimum atomic E-state index is 0.613. The van der Waals surface area contributed by atoms with Crippen molar-refractivity contribution >= 4 is 5.95 Å². The van der Waals surface area contributed by atoms with Crippen molar-refractivity contribution in [2.75, 3.05) is 18.4 Å². The van der Waals surface area contributed by atoms with Crippen LogP contribution in [-0.2, 0) is 6.54 Å². The number of hydrogen-bond acceptors (Lipinski definition) is 3. The van der Waals surface area contributed by atoms with Gasteiger partial charge in [0.2, 0.25) is 5.95 Å². The maximum Gasteiger partial charge on any atom is 0.202 e. The molecule has 3 rings (SSSR count). The van der Waals surface area contributed by atoms with Gasteiger partial charge in [-0.1, -0.05) is 13.3 Å². The summed E-state index contributed by atoms with van der Waals surface area (Å²) >= 11 is 0. The van der Waals surface area contributed by atoms with Crippen molar-refractivity contribution < 1.29 is 0 Å². The van der Waals surface area contributed by atoms with E-state index in [9.17, 15) is 0 Å². The molecule has 2 aliphatic heterocycles. The first kappa shape index (κ1) is 13.0. The molecule has 0 saturated carbocycles. The molecule has 2 unspecified atom stereocenters. The standard InChI is InChI=1S/C15H26N4/c1-2-3-8-19-11-7-16-15(19)17-13-6-10-18-9-4-5-14(18)12-13/h7,11,13-14H,2-6,8-10,12H2,1H3,(H,16,17). The Kier molecular flexibility index (Phi) is 4.06. The van der Waals surface area contributed by atoms with Gasteiger partial charge in [0, 0.05) is 37.6 Å². The first-order chi connectivity index (χ1) is 9.36. The van der Waals surface area contributed by atoms with Crippen LogP contribution in [0.5, 0.6) is 0 Å². The molecule has 1 N–H and O–H groups in total. The minimum absolute atomic E-state index is 0.613. The third kappa shape index (κ3) is 2.94. The Morgan fingerprint density at radius 2 is 2.32 bits per heavy atom. The number of hydrogen-bond donors (Lipinski definition) is 1. The summed E-state index contributed by atoms with van der Waals surface area (Å²) in [7, 11) is 0. The lowest BCUT2D eigenvalue weighted by Gasteiger charge is -2.35. The van der Waals surface area contributed by atoms with Gasteiger partial charge in [0.05, 0.1) is 0 Å². The van der Waals surface area contributed by atoms with E-state index in [0.29, 0.717) is 6.04 Å². The van der Waals surface area contributed by atoms with E-state index >= 15 is 0 Å². The molecule has 0 aromatic carbocycles. The highest BCUT2D eigenvalue weighted by molar-refractivity contribution is 5.28. The minimum Gasteiger partial charge on any atom is -0.353 e. The van der Waals surface area contributed by atoms with Gasteiger partial charge in [0.1, 0.15) is 0 Å². The molecule has 0 aliphatic carbocycles. The van der Waals surface area contributed by atoms with Gasteiger partial charge in [-0.3, -0.25) is 0 Å². The van der Waals surface area contributed by atoms with Crippen LogP contribution in [0.1, 0.15) is 45.4 Å². The second-order valence-corrected chi connectivity index (χ2v) is 6.00. The van der Waals surface area contributed by atoms with Crippen LogP contribution in [0.2, 0.25) is 0 Å². The van der Waals surface area contributed by atoms with Gasteiger partial charge in [-0.25, -0.2) is 4.98 Å². The largest absolute Gasteiger partial charge is 0.353 e. The second kappa shape index (κ2) is 5.95. The molecule has 1 aromatic rings. The second-order valence-electron chi connectivity index (χ2n) is 6.00. The Bertz CT molecular complexity index is 401. The van der Waals surface area contributed by atoms with Crippen LogP contribution >= 0.6 is 0 Å². The van der Waals surface area contributed by atoms with Gasteiger partial charge < -0.3 is 14.8 Å². The lowest BCUT2D eigenvalue weighted by molar-refractivity contribution is 0.187. The van der Waals surface area contributed by atoms with E-state index in [-0.39, 0.29) is 0 Å². The van der Waals surface area contributed by atoms with Crippen LogP contribution in [0, 0.1) is 0 Å². The molecule has 106 valence electrons. The van der Waals surface area contributed by atoms with Gasteiger partial charge in [-0.2, -0.15) is 0 Å². The third-order valence-corrected chi connectivity index (χ3v) is 4.62. The summed E-state index contributed by atoms with van der Waals surface area (Å²) in [5, 5.41) is 3.68. The van der Waals surface area contributed by atoms with E-state index in [0.717, 1.165) is 18.5 Å². The van der Waals surface area contributed by atoms with Crippen molar-refractivity contribution in [3.05, 3.63) is 12.4 Å². The van der Waals surface area contributed by atoms with Crippen LogP contribution in [0.3, 0.4) is 0 Å². The van der Waals surface area contributed by atoms with E-state index in [1.165, 1.54) is 51.6 Å². The van der Waals surface area contributed by atoms with E-state index in [1.807, 2.05) is 6.20 Å². The number of rotatable bonds is 5. The van der Waals surface area contributed by atoms with Crippen LogP contribution < -0.4 is 5.32 Å². The molecule has 1 aromatic heterocycles. The van der Waals surface area contributed by atoms with Crippen molar-refractivity contribution in [1.29, 1.82) is 0 Å². The Morgan fingerprint density at radius 3 is 3.21 bits per heavy atom. The van der Waals surface area contributed by atoms with E-state index in [2.05, 4.69) is 32.9 Å². The Balaban J connectivity index is 1.57. The Hall–Kier alpha value is -1.03. The highest BCUT2D eigenvalue weighted by atomic mass is 15.2. The highest BCUT2D eigenvalue weighted by Gasteiger charge is 2.31. The van der Waals surface area contributed by atoms with Gasteiger partial charge in [0.25, 0.3) is 0 Å². The molecule has 2 fully saturated rings. The summed E-state index contributed by atoms with van der Waals surface area (Å²) in [4.78, 5) is 7.16. The number of anilines is 1. The Labute approximate surface area is 116 Å². The smallest absolute Gasteiger partial charge is 0.202 e. The molecule has 4 heteroatoms. The number of piperidine rings is 1. The van der Waals surface area contributed by atoms with Gasteiger partial charge in [0.15, 0.2) is 0 Å². The van der Waals surface area contributed by atoms with Gasteiger partial charge >= 0.3 is 0 Å². The average molecular weight is 262 g/mol. The monoisotopic (exact) mass is 262 g/mol. The number of nitrogens with zero attached hydrogens (tertiary/aromatic N) is 3. The summed E-state index contributed by atoms with van der Waals surface area (Å²) in [6.07, 6.45) is 11.8. The van der Waals surface area contributed by atoms with Gasteiger partial charge in [-0.05, 0) is 38.6 Å². The molecule has 0 bridgehead atoms. The first-order valence-electron chi connectivity index (χ1n) is 7.88. The number of aromatic nitrogens is 2. The van der Waals surface area contributed by atoms with Crippen molar-refractivity contribution in [2.45, 2.75) is 64.1 Å². The molecule has 19 heavy (non-hydrogen) atoms. The fourth-order valence-electron chi connectivity index (χ4n) is 3.50. The highest BCUT2D eigenvalue weighted by Crippen LogP contribution is 2.28. The predicted molar refractivity (Wildman–Crippen MR) is 78.4 cm³/mol. The molecule has 0 amide bonds. The summed E-state index contributed by atoms with van der Waals surface area (Å²) in [5.41, 5.74) is 0. The zero-order valence-electron chi connectivity index (χ0n) is 12.0. The van der Waals surface area contributed by atoms with Crippen LogP contribution in [0.15, 0.2) is 12.4 Å². The normalized spacial score (nSPS) is 27.4. The summed E-state index contributed by atoms with van der Waals surface area (Å²) in [6, 6.07) is 1.44. The van der Waals surface area contributed by atoms with Gasteiger partial charge in [-0.15, -0.1) is 0 Å². The van der Waals surface area contributed by atoms with E-state index in [1.54, 1.807) is 0 Å². The fourth-order valence-corrected chi connectivity index (χ4v) is 3.50. The number of fused-ring (bicyclic) bond motifs is 1. The maximum absolute atomic E-state index is 4.49. The van der Waals surface area contributed by atoms with E-state index in [4.69, 9.17) is 0 Å². The lowest BCUT2D eigenvalue weighted by Crippen LogP contribution is -2.43. The molecule has 2 saturated heterocycles. The molecule has 0 spiro atoms. The van der Waals surface area contributed by atoms with Crippen molar-refractivity contribution in [1.82, 2.24) is 14.5 Å². The number of imidazole rings is 1. The molecular weight excluding hydrogens is 236 g/mol. The number of nitrogens with one attached hydrogen (secondary N) is 1. The fraction of sp³-hybridized carbons (Fsp3) is 0.800. The summed E-state index contributed by atoms with van der Waals surface area (Å²) in [6.45, 7) is 5.90. The molecular formula is C15H26N4. The molecule has 3 heterocycles. The zero-order chi connectivity index (χ0) is 13.1. The number of aryl methyl sites for hydroxylation is 1. The SMILES string of the molecule is CCCCn1ccnc1NC1CCN2CCCC2C1. The van der Waals surface area contributed by atoms with Crippen LogP contribution in [0.25, 0.3) is 0 Å². The topological polar surface area (TPSA) is 33.1 Å². The molecule has 2 aliphatic rings. The average Bonchev–Trinajstić information content (AvgIpc) is 3.05. The van der Waals surface area contributed by atoms with Crippen molar-refractivity contribution in [3.8, 4) is 0 Å². The van der Waals surface area contributed by atoms with Crippen LogP contribution in [-0.4, -0.2) is 39.6 Å². The van der Waals surface area contributed by atoms with Crippen molar-refractivity contribution in [2.24, 2.45) is 0 Å². The maximum atomic E-state index is 4.49. The Morgan fingerprint density at radius 1 is 1.37 bits per heavy atom. The summed E-state index contributed by atoms with van der Waals surface area (Å²) in [5.74, 6) is 1.07. The molecule has 0 radical (unpaired) electrons. The molecule has 2 atom stereocenters. The molecule has 4 nitrogen and oxygen atoms in total. The first-order valence-corrected chi connectivity index (χ1v) is 7.88. The van der Waals surface area contributed by atoms with E-state index < -0.39 is 0 Å². The lowest BCUT2D eigenvalue weighted by atomic mass is 9.98. The van der Waals surface area contributed by atoms with Crippen LogP contribution in [0.4, 0.5) is 5.95 Å². The third-order valence-electron chi connectivity index (χ3n) is 4.62. The predicted octanol–water partition coefficient (Wildman–Crippen LogP) is 2.72. The zero-order valence-corrected chi connectivity index (χ0v) is 12.0. The number of unbranched alkanes of at least 4 members (excludes halogenated alkanes) is 1. The van der Waals surface area contributed by atoms with Crippen molar-refractivity contribution in [3.63, 3.8) is 0 Å². The summed E-state index contributed by atoms with van der Waals surface area (Å²) < 4.78 is 2.27. The quantitative estimate of drug-likeness (QED) is 0.885.